The molecule has 0 aliphatic carbocycles. The largest absolute Gasteiger partial charge is 0.462 e. The van der Waals surface area contributed by atoms with Crippen LogP contribution in [0.25, 0.3) is 0 Å². The molecule has 1 aliphatic heterocycles. The third-order valence-electron chi connectivity index (χ3n) is 1.08. The van der Waals surface area contributed by atoms with Crippen molar-refractivity contribution in [3.63, 3.8) is 0 Å². The molecular weight excluding hydrogens is 136 g/mol. The predicted octanol–water partition coefficient (Wildman–Crippen LogP) is -0.483. The molecule has 1 unspecified atom stereocenters. The predicted molar refractivity (Wildman–Crippen MR) is 31.4 cm³/mol. The maximum atomic E-state index is 10.5. The third-order valence-corrected chi connectivity index (χ3v) is 1.08. The summed E-state index contributed by atoms with van der Waals surface area (Å²) >= 11 is 0. The quantitative estimate of drug-likeness (QED) is 0.231. The fraction of sp³-hybridized carbons (Fsp3) is 0.667. The van der Waals surface area contributed by atoms with Crippen LogP contribution in [0.4, 0.5) is 0 Å². The average Bonchev–Trinajstić information content (AvgIpc) is 2.67. The van der Waals surface area contributed by atoms with E-state index in [1.54, 1.807) is 0 Å². The number of epoxide rings is 1. The van der Waals surface area contributed by atoms with Gasteiger partial charge in [0.2, 0.25) is 0 Å². The van der Waals surface area contributed by atoms with Gasteiger partial charge in [0.25, 0.3) is 0 Å². The Morgan fingerprint density at radius 1 is 1.80 bits per heavy atom. The number of esters is 1. The fourth-order valence-electron chi connectivity index (χ4n) is 0.477. The Bertz CT molecular complexity index is 139. The highest BCUT2D eigenvalue weighted by Crippen LogP contribution is 2.08. The Balaban J connectivity index is 1.99. The summed E-state index contributed by atoms with van der Waals surface area (Å²) in [4.78, 5) is 20.2. The second-order valence-electron chi connectivity index (χ2n) is 2.01. The summed E-state index contributed by atoms with van der Waals surface area (Å²) in [6.45, 7) is 0.945. The van der Waals surface area contributed by atoms with Crippen molar-refractivity contribution in [3.8, 4) is 0 Å². The first kappa shape index (κ1) is 7.21. The maximum Gasteiger partial charge on any atom is 0.313 e. The molecule has 0 aromatic carbocycles. The monoisotopic (exact) mass is 144 g/mol. The van der Waals surface area contributed by atoms with E-state index in [9.17, 15) is 9.59 Å². The van der Waals surface area contributed by atoms with E-state index in [1.807, 2.05) is 0 Å². The maximum absolute atomic E-state index is 10.5. The summed E-state index contributed by atoms with van der Waals surface area (Å²) in [5.74, 6) is -0.481. The molecule has 4 heteroatoms. The number of hydrogen-bond donors (Lipinski definition) is 0. The van der Waals surface area contributed by atoms with Crippen molar-refractivity contribution in [1.82, 2.24) is 0 Å². The number of carbonyl (C=O) groups excluding carboxylic acids is 2. The summed E-state index contributed by atoms with van der Waals surface area (Å²) in [5.41, 5.74) is 0. The molecule has 0 aromatic rings. The zero-order valence-electron chi connectivity index (χ0n) is 5.41. The zero-order chi connectivity index (χ0) is 7.40. The van der Waals surface area contributed by atoms with Crippen LogP contribution in [0.5, 0.6) is 0 Å². The summed E-state index contributed by atoms with van der Waals surface area (Å²) in [6, 6.07) is 0. The molecule has 1 heterocycles. The topological polar surface area (TPSA) is 55.9 Å². The van der Waals surface area contributed by atoms with E-state index in [2.05, 4.69) is 4.74 Å². The molecule has 1 saturated heterocycles. The van der Waals surface area contributed by atoms with E-state index in [-0.39, 0.29) is 19.1 Å². The molecule has 0 radical (unpaired) electrons. The van der Waals surface area contributed by atoms with Gasteiger partial charge in [-0.1, -0.05) is 0 Å². The van der Waals surface area contributed by atoms with E-state index >= 15 is 0 Å². The molecular formula is C6H8O4. The van der Waals surface area contributed by atoms with E-state index in [0.29, 0.717) is 12.9 Å². The molecule has 0 aromatic heterocycles. The van der Waals surface area contributed by atoms with Crippen molar-refractivity contribution in [2.75, 3.05) is 13.2 Å². The van der Waals surface area contributed by atoms with Crippen molar-refractivity contribution >= 4 is 12.3 Å². The highest BCUT2D eigenvalue weighted by atomic mass is 16.6. The molecule has 0 spiro atoms. The molecule has 1 rings (SSSR count). The smallest absolute Gasteiger partial charge is 0.313 e. The van der Waals surface area contributed by atoms with Gasteiger partial charge in [0.15, 0.2) is 0 Å². The molecule has 1 atom stereocenters. The number of carbonyl (C=O) groups is 2. The van der Waals surface area contributed by atoms with Gasteiger partial charge in [-0.25, -0.2) is 0 Å². The highest BCUT2D eigenvalue weighted by Gasteiger charge is 2.23. The van der Waals surface area contributed by atoms with Gasteiger partial charge in [0, 0.05) is 0 Å². The van der Waals surface area contributed by atoms with Gasteiger partial charge < -0.3 is 14.3 Å². The van der Waals surface area contributed by atoms with Crippen LogP contribution in [-0.4, -0.2) is 31.6 Å². The molecule has 1 fully saturated rings. The van der Waals surface area contributed by atoms with Crippen LogP contribution in [0.1, 0.15) is 6.42 Å². The van der Waals surface area contributed by atoms with E-state index in [1.165, 1.54) is 0 Å². The first-order chi connectivity index (χ1) is 4.83. The molecule has 1 aliphatic rings. The summed E-state index contributed by atoms with van der Waals surface area (Å²) in [6.07, 6.45) is 0.443. The number of rotatable bonds is 4. The zero-order valence-corrected chi connectivity index (χ0v) is 5.41. The molecule has 10 heavy (non-hydrogen) atoms. The van der Waals surface area contributed by atoms with Crippen LogP contribution in [0, 0.1) is 0 Å². The van der Waals surface area contributed by atoms with Crippen molar-refractivity contribution < 1.29 is 19.1 Å². The van der Waals surface area contributed by atoms with Crippen LogP contribution < -0.4 is 0 Å². The highest BCUT2D eigenvalue weighted by molar-refractivity contribution is 5.83. The summed E-state index contributed by atoms with van der Waals surface area (Å²) in [5, 5.41) is 0. The SMILES string of the molecule is O=CCC(=O)OCC1CO1. The van der Waals surface area contributed by atoms with Gasteiger partial charge in [-0.05, 0) is 0 Å². The summed E-state index contributed by atoms with van der Waals surface area (Å²) < 4.78 is 9.38. The molecule has 4 nitrogen and oxygen atoms in total. The van der Waals surface area contributed by atoms with Crippen molar-refractivity contribution in [1.29, 1.82) is 0 Å². The second kappa shape index (κ2) is 3.31. The first-order valence-electron chi connectivity index (χ1n) is 3.04. The first-order valence-corrected chi connectivity index (χ1v) is 3.04. The van der Waals surface area contributed by atoms with Crippen molar-refractivity contribution in [2.24, 2.45) is 0 Å². The van der Waals surface area contributed by atoms with Crippen LogP contribution in [0.2, 0.25) is 0 Å². The lowest BCUT2D eigenvalue weighted by Crippen LogP contribution is -2.09. The van der Waals surface area contributed by atoms with Crippen LogP contribution in [-0.2, 0) is 19.1 Å². The fourth-order valence-corrected chi connectivity index (χ4v) is 0.477. The lowest BCUT2D eigenvalue weighted by atomic mass is 10.5. The van der Waals surface area contributed by atoms with E-state index in [0.717, 1.165) is 0 Å². The molecule has 0 N–H and O–H groups in total. The molecule has 56 valence electrons. The van der Waals surface area contributed by atoms with Crippen LogP contribution in [0.15, 0.2) is 0 Å². The minimum absolute atomic E-state index is 0.0793. The van der Waals surface area contributed by atoms with Gasteiger partial charge >= 0.3 is 5.97 Å². The molecule has 0 amide bonds. The summed E-state index contributed by atoms with van der Waals surface area (Å²) in [7, 11) is 0. The van der Waals surface area contributed by atoms with Gasteiger partial charge in [-0.2, -0.15) is 0 Å². The molecule has 0 saturated carbocycles. The van der Waals surface area contributed by atoms with Crippen molar-refractivity contribution in [3.05, 3.63) is 0 Å². The van der Waals surface area contributed by atoms with Gasteiger partial charge in [-0.3, -0.25) is 4.79 Å². The van der Waals surface area contributed by atoms with Crippen molar-refractivity contribution in [2.45, 2.75) is 12.5 Å². The minimum atomic E-state index is -0.481. The van der Waals surface area contributed by atoms with Gasteiger partial charge in [-0.15, -0.1) is 0 Å². The second-order valence-corrected chi connectivity index (χ2v) is 2.01. The van der Waals surface area contributed by atoms with Crippen LogP contribution >= 0.6 is 0 Å². The van der Waals surface area contributed by atoms with E-state index in [4.69, 9.17) is 4.74 Å². The van der Waals surface area contributed by atoms with Gasteiger partial charge in [0.1, 0.15) is 25.4 Å². The average molecular weight is 144 g/mol. The number of aldehydes is 1. The number of ether oxygens (including phenoxy) is 2. The Labute approximate surface area is 58.1 Å². The van der Waals surface area contributed by atoms with E-state index < -0.39 is 5.97 Å². The Hall–Kier alpha value is -0.900. The van der Waals surface area contributed by atoms with Crippen LogP contribution in [0.3, 0.4) is 0 Å². The lowest BCUT2D eigenvalue weighted by Gasteiger charge is -1.96. The third kappa shape index (κ3) is 2.59. The Kier molecular flexibility index (Phi) is 2.39. The Morgan fingerprint density at radius 3 is 3.00 bits per heavy atom. The minimum Gasteiger partial charge on any atom is -0.462 e. The standard InChI is InChI=1S/C6H8O4/c7-2-1-6(8)10-4-5-3-9-5/h2,5H,1,3-4H2. The van der Waals surface area contributed by atoms with Gasteiger partial charge in [0.05, 0.1) is 6.61 Å². The Morgan fingerprint density at radius 2 is 2.50 bits per heavy atom. The lowest BCUT2D eigenvalue weighted by molar-refractivity contribution is -0.144. The number of hydrogen-bond acceptors (Lipinski definition) is 4. The normalized spacial score (nSPS) is 21.8. The molecule has 0 bridgehead atoms.